The van der Waals surface area contributed by atoms with Crippen molar-refractivity contribution in [3.8, 4) is 6.07 Å². The van der Waals surface area contributed by atoms with Gasteiger partial charge in [-0.1, -0.05) is 55.1 Å². The predicted molar refractivity (Wildman–Crippen MR) is 85.7 cm³/mol. The first-order valence-corrected chi connectivity index (χ1v) is 6.90. The molecule has 0 aromatic heterocycles. The van der Waals surface area contributed by atoms with Crippen molar-refractivity contribution in [2.24, 2.45) is 0 Å². The Balaban J connectivity index is 0.000000224. The third-order valence-corrected chi connectivity index (χ3v) is 2.72. The van der Waals surface area contributed by atoms with Gasteiger partial charge in [0.05, 0.1) is 12.7 Å². The van der Waals surface area contributed by atoms with Gasteiger partial charge >= 0.3 is 5.97 Å². The number of nitriles is 1. The number of rotatable bonds is 5. The monoisotopic (exact) mass is 297 g/mol. The van der Waals surface area contributed by atoms with Gasteiger partial charge in [-0.3, -0.25) is 0 Å². The van der Waals surface area contributed by atoms with Crippen molar-refractivity contribution in [2.45, 2.75) is 19.1 Å². The van der Waals surface area contributed by atoms with Gasteiger partial charge < -0.3 is 9.47 Å². The molecular weight excluding hydrogens is 278 g/mol. The van der Waals surface area contributed by atoms with Gasteiger partial charge in [0.1, 0.15) is 12.2 Å². The van der Waals surface area contributed by atoms with Gasteiger partial charge in [0, 0.05) is 12.2 Å². The van der Waals surface area contributed by atoms with Crippen LogP contribution in [-0.2, 0) is 14.3 Å². The molecule has 0 spiro atoms. The number of carbonyl (C=O) groups excluding carboxylic acids is 1. The van der Waals surface area contributed by atoms with Crippen molar-refractivity contribution >= 4 is 12.0 Å². The molecule has 0 N–H and O–H groups in total. The number of benzene rings is 1. The van der Waals surface area contributed by atoms with Crippen LogP contribution < -0.4 is 0 Å². The topological polar surface area (TPSA) is 62.6 Å². The standard InChI is InChI=1S/C11H9N.C7H10O3/c12-10-6-2-5-9-11-7-3-1-4-8-11;1-3-7(8)10-5(2)6-4-9-6/h1-9H;3,5-6H,1,4H2,2H3. The van der Waals surface area contributed by atoms with Gasteiger partial charge in [-0.05, 0) is 12.5 Å². The number of epoxide rings is 1. The zero-order valence-electron chi connectivity index (χ0n) is 12.5. The van der Waals surface area contributed by atoms with E-state index in [0.29, 0.717) is 6.61 Å². The average Bonchev–Trinajstić information content (AvgIpc) is 3.38. The first-order chi connectivity index (χ1) is 10.7. The summed E-state index contributed by atoms with van der Waals surface area (Å²) in [6.45, 7) is 5.78. The summed E-state index contributed by atoms with van der Waals surface area (Å²) in [4.78, 5) is 10.6. The Morgan fingerprint density at radius 3 is 2.68 bits per heavy atom. The summed E-state index contributed by atoms with van der Waals surface area (Å²) in [5.41, 5.74) is 1.14. The van der Waals surface area contributed by atoms with Gasteiger partial charge in [0.2, 0.25) is 0 Å². The maximum Gasteiger partial charge on any atom is 0.330 e. The van der Waals surface area contributed by atoms with E-state index in [1.807, 2.05) is 48.6 Å². The molecule has 22 heavy (non-hydrogen) atoms. The lowest BCUT2D eigenvalue weighted by Crippen LogP contribution is -2.18. The van der Waals surface area contributed by atoms with E-state index in [2.05, 4.69) is 6.58 Å². The Morgan fingerprint density at radius 2 is 2.14 bits per heavy atom. The molecule has 1 aliphatic heterocycles. The molecule has 0 aliphatic carbocycles. The molecule has 4 nitrogen and oxygen atoms in total. The van der Waals surface area contributed by atoms with E-state index in [-0.39, 0.29) is 18.2 Å². The normalized spacial score (nSPS) is 17.2. The minimum atomic E-state index is -0.386. The van der Waals surface area contributed by atoms with Crippen molar-refractivity contribution in [3.05, 3.63) is 66.8 Å². The summed E-state index contributed by atoms with van der Waals surface area (Å²) >= 11 is 0. The molecule has 2 rings (SSSR count). The lowest BCUT2D eigenvalue weighted by molar-refractivity contribution is -0.143. The van der Waals surface area contributed by atoms with Crippen LogP contribution in [-0.4, -0.2) is 24.8 Å². The van der Waals surface area contributed by atoms with Crippen LogP contribution in [0.4, 0.5) is 0 Å². The van der Waals surface area contributed by atoms with Gasteiger partial charge in [0.15, 0.2) is 0 Å². The molecule has 1 fully saturated rings. The Kier molecular flexibility index (Phi) is 8.02. The molecule has 1 saturated heterocycles. The van der Waals surface area contributed by atoms with Gasteiger partial charge in [0.25, 0.3) is 0 Å². The van der Waals surface area contributed by atoms with E-state index < -0.39 is 0 Å². The van der Waals surface area contributed by atoms with Crippen LogP contribution in [0.3, 0.4) is 0 Å². The molecule has 114 valence electrons. The van der Waals surface area contributed by atoms with E-state index in [9.17, 15) is 4.79 Å². The largest absolute Gasteiger partial charge is 0.457 e. The molecule has 1 aliphatic rings. The van der Waals surface area contributed by atoms with Crippen molar-refractivity contribution in [2.75, 3.05) is 6.61 Å². The number of nitrogens with zero attached hydrogens (tertiary/aromatic N) is 1. The summed E-state index contributed by atoms with van der Waals surface area (Å²) in [6, 6.07) is 11.9. The smallest absolute Gasteiger partial charge is 0.330 e. The van der Waals surface area contributed by atoms with Crippen LogP contribution in [0.25, 0.3) is 6.08 Å². The Labute approximate surface area is 131 Å². The SMILES string of the molecule is C=CC(=O)OC(C)C1CO1.N#CC=CC=Cc1ccccc1. The minimum Gasteiger partial charge on any atom is -0.457 e. The summed E-state index contributed by atoms with van der Waals surface area (Å²) < 4.78 is 9.75. The Bertz CT molecular complexity index is 566. The molecule has 0 amide bonds. The summed E-state index contributed by atoms with van der Waals surface area (Å²) in [5, 5.41) is 8.19. The van der Waals surface area contributed by atoms with E-state index in [4.69, 9.17) is 14.7 Å². The van der Waals surface area contributed by atoms with Crippen molar-refractivity contribution < 1.29 is 14.3 Å². The Morgan fingerprint density at radius 1 is 1.45 bits per heavy atom. The molecular formula is C18H19NO3. The highest BCUT2D eigenvalue weighted by Crippen LogP contribution is 2.16. The second-order valence-electron chi connectivity index (χ2n) is 4.48. The first-order valence-electron chi connectivity index (χ1n) is 6.90. The fourth-order valence-electron chi connectivity index (χ4n) is 1.46. The second-order valence-corrected chi connectivity index (χ2v) is 4.48. The summed E-state index contributed by atoms with van der Waals surface area (Å²) in [7, 11) is 0. The first kappa shape index (κ1) is 17.4. The van der Waals surface area contributed by atoms with Gasteiger partial charge in [-0.25, -0.2) is 4.79 Å². The molecule has 1 aromatic carbocycles. The third-order valence-electron chi connectivity index (χ3n) is 2.72. The van der Waals surface area contributed by atoms with Crippen LogP contribution in [0, 0.1) is 11.3 Å². The molecule has 0 saturated carbocycles. The fraction of sp³-hybridized carbons (Fsp3) is 0.222. The summed E-state index contributed by atoms with van der Waals surface area (Å²) in [5.74, 6) is -0.386. The number of esters is 1. The van der Waals surface area contributed by atoms with Crippen molar-refractivity contribution in [1.82, 2.24) is 0 Å². The molecule has 0 bridgehead atoms. The lowest BCUT2D eigenvalue weighted by atomic mass is 10.2. The number of allylic oxidation sites excluding steroid dienone is 3. The maximum atomic E-state index is 10.6. The van der Waals surface area contributed by atoms with Gasteiger partial charge in [-0.15, -0.1) is 0 Å². The molecule has 2 unspecified atom stereocenters. The molecule has 2 atom stereocenters. The molecule has 1 aromatic rings. The maximum absolute atomic E-state index is 10.6. The van der Waals surface area contributed by atoms with E-state index in [0.717, 1.165) is 11.6 Å². The number of hydrogen-bond donors (Lipinski definition) is 0. The van der Waals surface area contributed by atoms with Gasteiger partial charge in [-0.2, -0.15) is 5.26 Å². The average molecular weight is 297 g/mol. The quantitative estimate of drug-likeness (QED) is 0.275. The van der Waals surface area contributed by atoms with E-state index in [1.165, 1.54) is 6.08 Å². The van der Waals surface area contributed by atoms with Crippen LogP contribution >= 0.6 is 0 Å². The molecule has 1 heterocycles. The number of carbonyl (C=O) groups is 1. The fourth-order valence-corrected chi connectivity index (χ4v) is 1.46. The van der Waals surface area contributed by atoms with Crippen LogP contribution in [0.1, 0.15) is 12.5 Å². The second kappa shape index (κ2) is 10.1. The molecule has 4 heteroatoms. The van der Waals surface area contributed by atoms with Crippen molar-refractivity contribution in [3.63, 3.8) is 0 Å². The Hall–Kier alpha value is -2.64. The highest BCUT2D eigenvalue weighted by Gasteiger charge is 2.31. The molecule has 0 radical (unpaired) electrons. The number of hydrogen-bond acceptors (Lipinski definition) is 4. The lowest BCUT2D eigenvalue weighted by Gasteiger charge is -2.06. The highest BCUT2D eigenvalue weighted by molar-refractivity contribution is 5.81. The highest BCUT2D eigenvalue weighted by atomic mass is 16.6. The zero-order chi connectivity index (χ0) is 16.2. The van der Waals surface area contributed by atoms with Crippen LogP contribution in [0.15, 0.2) is 61.2 Å². The van der Waals surface area contributed by atoms with Crippen LogP contribution in [0.2, 0.25) is 0 Å². The number of ether oxygens (including phenoxy) is 2. The van der Waals surface area contributed by atoms with E-state index >= 15 is 0 Å². The van der Waals surface area contributed by atoms with Crippen LogP contribution in [0.5, 0.6) is 0 Å². The minimum absolute atomic E-state index is 0.115. The van der Waals surface area contributed by atoms with Crippen molar-refractivity contribution in [1.29, 1.82) is 5.26 Å². The third kappa shape index (κ3) is 7.83. The van der Waals surface area contributed by atoms with E-state index in [1.54, 1.807) is 13.0 Å². The predicted octanol–water partition coefficient (Wildman–Crippen LogP) is 3.28. The summed E-state index contributed by atoms with van der Waals surface area (Å²) in [6.07, 6.45) is 8.09. The zero-order valence-corrected chi connectivity index (χ0v) is 12.5.